The van der Waals surface area contributed by atoms with Crippen molar-refractivity contribution >= 4 is 28.7 Å². The number of ether oxygens (including phenoxy) is 1. The zero-order valence-corrected chi connectivity index (χ0v) is 16.8. The molecule has 3 nitrogen and oxygen atoms in total. The molecule has 1 unspecified atom stereocenters. The Morgan fingerprint density at radius 3 is 2.09 bits per heavy atom. The van der Waals surface area contributed by atoms with Crippen LogP contribution in [0.15, 0.2) is 24.3 Å². The van der Waals surface area contributed by atoms with Gasteiger partial charge in [-0.3, -0.25) is 4.90 Å². The minimum absolute atomic E-state index is 0. The van der Waals surface area contributed by atoms with E-state index in [1.807, 2.05) is 12.1 Å². The molecule has 1 rings (SSSR count). The summed E-state index contributed by atoms with van der Waals surface area (Å²) in [7, 11) is 1.68. The number of halogens is 1. The van der Waals surface area contributed by atoms with Crippen LogP contribution in [-0.4, -0.2) is 47.6 Å². The van der Waals surface area contributed by atoms with Crippen molar-refractivity contribution in [2.24, 2.45) is 0 Å². The number of thioether (sulfide) groups is 1. The first-order valence-corrected chi connectivity index (χ1v) is 8.74. The fraction of sp³-hybridized carbons (Fsp3) is 0.647. The second-order valence-electron chi connectivity index (χ2n) is 5.90. The predicted octanol–water partition coefficient (Wildman–Crippen LogP) is 3.99. The largest absolute Gasteiger partial charge is 0.497 e. The standard InChI is InChI=1S/C17H29NO2S.BrH/c1-13(2)18(14(3)4)10-16(19)12-21-11-15-6-8-17(20-5)9-7-15;/h6-9,13-14,16,19H,10-12H2,1-5H3;1H. The van der Waals surface area contributed by atoms with Crippen LogP contribution in [0.4, 0.5) is 0 Å². The molecular formula is C17H30BrNO2S. The Bertz CT molecular complexity index is 390. The first-order valence-electron chi connectivity index (χ1n) is 7.58. The molecule has 0 amide bonds. The zero-order valence-electron chi connectivity index (χ0n) is 14.3. The fourth-order valence-corrected chi connectivity index (χ4v) is 3.27. The third-order valence-electron chi connectivity index (χ3n) is 3.49. The molecule has 0 radical (unpaired) electrons. The molecule has 0 aliphatic rings. The van der Waals surface area contributed by atoms with E-state index in [0.717, 1.165) is 23.8 Å². The van der Waals surface area contributed by atoms with E-state index in [-0.39, 0.29) is 23.1 Å². The van der Waals surface area contributed by atoms with E-state index in [4.69, 9.17) is 4.74 Å². The van der Waals surface area contributed by atoms with E-state index in [9.17, 15) is 5.11 Å². The lowest BCUT2D eigenvalue weighted by atomic mass is 10.2. The number of aliphatic hydroxyl groups is 1. The average Bonchev–Trinajstić information content (AvgIpc) is 2.45. The maximum Gasteiger partial charge on any atom is 0.118 e. The van der Waals surface area contributed by atoms with Crippen molar-refractivity contribution in [1.82, 2.24) is 4.90 Å². The molecule has 0 saturated carbocycles. The molecule has 128 valence electrons. The van der Waals surface area contributed by atoms with Gasteiger partial charge in [-0.15, -0.1) is 17.0 Å². The van der Waals surface area contributed by atoms with Crippen LogP contribution in [0.3, 0.4) is 0 Å². The van der Waals surface area contributed by atoms with E-state index in [1.54, 1.807) is 18.9 Å². The van der Waals surface area contributed by atoms with Crippen LogP contribution >= 0.6 is 28.7 Å². The van der Waals surface area contributed by atoms with Crippen molar-refractivity contribution in [2.45, 2.75) is 51.6 Å². The van der Waals surface area contributed by atoms with Crippen LogP contribution < -0.4 is 4.74 Å². The predicted molar refractivity (Wildman–Crippen MR) is 102 cm³/mol. The molecule has 1 aromatic carbocycles. The summed E-state index contributed by atoms with van der Waals surface area (Å²) in [6, 6.07) is 9.04. The van der Waals surface area contributed by atoms with Gasteiger partial charge >= 0.3 is 0 Å². The Hall–Kier alpha value is -0.230. The molecule has 0 aromatic heterocycles. The third kappa shape index (κ3) is 7.86. The summed E-state index contributed by atoms with van der Waals surface area (Å²) in [5, 5.41) is 10.2. The van der Waals surface area contributed by atoms with Gasteiger partial charge in [0.15, 0.2) is 0 Å². The number of benzene rings is 1. The summed E-state index contributed by atoms with van der Waals surface area (Å²) in [6.07, 6.45) is -0.280. The van der Waals surface area contributed by atoms with Crippen molar-refractivity contribution < 1.29 is 9.84 Å². The molecule has 0 saturated heterocycles. The molecule has 0 spiro atoms. The monoisotopic (exact) mass is 391 g/mol. The van der Waals surface area contributed by atoms with E-state index < -0.39 is 0 Å². The summed E-state index contributed by atoms with van der Waals surface area (Å²) in [4.78, 5) is 2.33. The van der Waals surface area contributed by atoms with E-state index >= 15 is 0 Å². The smallest absolute Gasteiger partial charge is 0.118 e. The quantitative estimate of drug-likeness (QED) is 0.689. The lowest BCUT2D eigenvalue weighted by Crippen LogP contribution is -2.42. The molecule has 1 N–H and O–H groups in total. The Labute approximate surface area is 150 Å². The highest BCUT2D eigenvalue weighted by Gasteiger charge is 2.17. The van der Waals surface area contributed by atoms with E-state index in [0.29, 0.717) is 12.1 Å². The summed E-state index contributed by atoms with van der Waals surface area (Å²) in [5.74, 6) is 2.57. The molecule has 0 aliphatic carbocycles. The fourth-order valence-electron chi connectivity index (χ4n) is 2.35. The summed E-state index contributed by atoms with van der Waals surface area (Å²) in [5.41, 5.74) is 1.26. The highest BCUT2D eigenvalue weighted by atomic mass is 79.9. The second kappa shape index (κ2) is 11.3. The summed E-state index contributed by atoms with van der Waals surface area (Å²) < 4.78 is 5.15. The number of rotatable bonds is 9. The van der Waals surface area contributed by atoms with Crippen molar-refractivity contribution in [3.8, 4) is 5.75 Å². The van der Waals surface area contributed by atoms with Gasteiger partial charge < -0.3 is 9.84 Å². The lowest BCUT2D eigenvalue weighted by Gasteiger charge is -2.32. The molecule has 5 heteroatoms. The third-order valence-corrected chi connectivity index (χ3v) is 4.64. The number of methoxy groups -OCH3 is 1. The van der Waals surface area contributed by atoms with Crippen molar-refractivity contribution in [2.75, 3.05) is 19.4 Å². The molecular weight excluding hydrogens is 362 g/mol. The number of hydrogen-bond acceptors (Lipinski definition) is 4. The summed E-state index contributed by atoms with van der Waals surface area (Å²) in [6.45, 7) is 9.45. The SMILES string of the molecule is Br.COc1ccc(CSCC(O)CN(C(C)C)C(C)C)cc1. The second-order valence-corrected chi connectivity index (χ2v) is 6.93. The van der Waals surface area contributed by atoms with Gasteiger partial charge in [-0.1, -0.05) is 12.1 Å². The van der Waals surface area contributed by atoms with E-state index in [1.165, 1.54) is 5.56 Å². The molecule has 1 atom stereocenters. The maximum atomic E-state index is 10.2. The Kier molecular flexibility index (Phi) is 11.2. The molecule has 0 bridgehead atoms. The van der Waals surface area contributed by atoms with E-state index in [2.05, 4.69) is 44.7 Å². The first-order chi connectivity index (χ1) is 9.93. The number of aliphatic hydroxyl groups excluding tert-OH is 1. The highest BCUT2D eigenvalue weighted by molar-refractivity contribution is 8.93. The van der Waals surface area contributed by atoms with Gasteiger partial charge in [0.25, 0.3) is 0 Å². The van der Waals surface area contributed by atoms with Gasteiger partial charge in [0, 0.05) is 30.1 Å². The van der Waals surface area contributed by atoms with Crippen molar-refractivity contribution in [3.05, 3.63) is 29.8 Å². The van der Waals surface area contributed by atoms with Crippen molar-refractivity contribution in [3.63, 3.8) is 0 Å². The molecule has 0 fully saturated rings. The van der Waals surface area contributed by atoms with Crippen molar-refractivity contribution in [1.29, 1.82) is 0 Å². The van der Waals surface area contributed by atoms with Gasteiger partial charge in [0.05, 0.1) is 13.2 Å². The Balaban J connectivity index is 0.00000441. The average molecular weight is 392 g/mol. The lowest BCUT2D eigenvalue weighted by molar-refractivity contribution is 0.0887. The van der Waals surface area contributed by atoms with Crippen LogP contribution in [0.5, 0.6) is 5.75 Å². The van der Waals surface area contributed by atoms with Gasteiger partial charge in [0.1, 0.15) is 5.75 Å². The molecule has 22 heavy (non-hydrogen) atoms. The first kappa shape index (κ1) is 21.8. The minimum atomic E-state index is -0.280. The van der Waals surface area contributed by atoms with Gasteiger partial charge in [0.2, 0.25) is 0 Å². The van der Waals surface area contributed by atoms with Crippen LogP contribution in [0.25, 0.3) is 0 Å². The van der Waals surface area contributed by atoms with Gasteiger partial charge in [-0.05, 0) is 45.4 Å². The normalized spacial score (nSPS) is 12.6. The number of nitrogens with zero attached hydrogens (tertiary/aromatic N) is 1. The minimum Gasteiger partial charge on any atom is -0.497 e. The zero-order chi connectivity index (χ0) is 15.8. The molecule has 0 aliphatic heterocycles. The maximum absolute atomic E-state index is 10.2. The van der Waals surface area contributed by atoms with Crippen LogP contribution in [0, 0.1) is 0 Å². The van der Waals surface area contributed by atoms with Crippen LogP contribution in [0.2, 0.25) is 0 Å². The Morgan fingerprint density at radius 2 is 1.64 bits per heavy atom. The topological polar surface area (TPSA) is 32.7 Å². The molecule has 0 heterocycles. The summed E-state index contributed by atoms with van der Waals surface area (Å²) >= 11 is 1.78. The van der Waals surface area contributed by atoms with Gasteiger partial charge in [-0.2, -0.15) is 11.8 Å². The van der Waals surface area contributed by atoms with Crippen LogP contribution in [-0.2, 0) is 5.75 Å². The Morgan fingerprint density at radius 1 is 1.09 bits per heavy atom. The van der Waals surface area contributed by atoms with Crippen LogP contribution in [0.1, 0.15) is 33.3 Å². The molecule has 1 aromatic rings. The number of hydrogen-bond donors (Lipinski definition) is 1. The van der Waals surface area contributed by atoms with Gasteiger partial charge in [-0.25, -0.2) is 0 Å². The highest BCUT2D eigenvalue weighted by Crippen LogP contribution is 2.18.